The van der Waals surface area contributed by atoms with Crippen LogP contribution in [0.4, 0.5) is 8.78 Å². The average molecular weight is 447 g/mol. The van der Waals surface area contributed by atoms with Crippen molar-refractivity contribution < 1.29 is 22.0 Å². The number of hydrogen-bond donors (Lipinski definition) is 0. The Labute approximate surface area is 177 Å². The van der Waals surface area contributed by atoms with Crippen molar-refractivity contribution in [3.05, 3.63) is 77.6 Å². The first-order chi connectivity index (χ1) is 14.8. The number of aromatic nitrogens is 3. The van der Waals surface area contributed by atoms with Crippen LogP contribution in [0.25, 0.3) is 0 Å². The number of sulfonamides is 1. The zero-order valence-corrected chi connectivity index (χ0v) is 17.2. The Balaban J connectivity index is 1.41. The minimum Gasteiger partial charge on any atom is -0.335 e. The first-order valence-electron chi connectivity index (χ1n) is 9.53. The van der Waals surface area contributed by atoms with Crippen LogP contribution in [-0.2, 0) is 16.6 Å². The van der Waals surface area contributed by atoms with Gasteiger partial charge < -0.3 is 4.90 Å². The summed E-state index contributed by atoms with van der Waals surface area (Å²) < 4.78 is 55.3. The molecule has 2 heterocycles. The van der Waals surface area contributed by atoms with Crippen LogP contribution in [0.2, 0.25) is 0 Å². The number of rotatable bonds is 5. The van der Waals surface area contributed by atoms with E-state index in [9.17, 15) is 22.0 Å². The third-order valence-corrected chi connectivity index (χ3v) is 6.90. The molecular formula is C20H19F2N5O3S. The van der Waals surface area contributed by atoms with Gasteiger partial charge in [0.2, 0.25) is 10.0 Å². The van der Waals surface area contributed by atoms with E-state index in [1.54, 1.807) is 10.9 Å². The Morgan fingerprint density at radius 3 is 2.42 bits per heavy atom. The molecule has 0 saturated carbocycles. The minimum absolute atomic E-state index is 0.0395. The Kier molecular flexibility index (Phi) is 5.79. The third kappa shape index (κ3) is 4.47. The van der Waals surface area contributed by atoms with Gasteiger partial charge in [0, 0.05) is 26.2 Å². The summed E-state index contributed by atoms with van der Waals surface area (Å²) in [6, 6.07) is 11.9. The van der Waals surface area contributed by atoms with Gasteiger partial charge in [-0.2, -0.15) is 4.31 Å². The fourth-order valence-corrected chi connectivity index (χ4v) is 4.85. The molecule has 0 unspecified atom stereocenters. The molecule has 1 saturated heterocycles. The monoisotopic (exact) mass is 447 g/mol. The fourth-order valence-electron chi connectivity index (χ4n) is 3.35. The van der Waals surface area contributed by atoms with Crippen LogP contribution >= 0.6 is 0 Å². The van der Waals surface area contributed by atoms with Gasteiger partial charge in [-0.25, -0.2) is 21.9 Å². The SMILES string of the molecule is O=C(c1cn(Cc2ccccc2)nn1)N1CCN(S(=O)(=O)c2cc(F)ccc2F)CC1. The molecule has 162 valence electrons. The number of hydrogen-bond acceptors (Lipinski definition) is 5. The lowest BCUT2D eigenvalue weighted by molar-refractivity contribution is 0.0691. The highest BCUT2D eigenvalue weighted by Gasteiger charge is 2.33. The molecule has 4 rings (SSSR count). The second-order valence-electron chi connectivity index (χ2n) is 7.06. The van der Waals surface area contributed by atoms with Gasteiger partial charge in [0.1, 0.15) is 16.5 Å². The van der Waals surface area contributed by atoms with Gasteiger partial charge in [0.05, 0.1) is 12.7 Å². The lowest BCUT2D eigenvalue weighted by atomic mass is 10.2. The zero-order chi connectivity index (χ0) is 22.0. The first-order valence-corrected chi connectivity index (χ1v) is 11.0. The van der Waals surface area contributed by atoms with Gasteiger partial charge in [-0.15, -0.1) is 5.10 Å². The van der Waals surface area contributed by atoms with Crippen molar-refractivity contribution in [1.29, 1.82) is 0 Å². The quantitative estimate of drug-likeness (QED) is 0.595. The van der Waals surface area contributed by atoms with Gasteiger partial charge in [-0.05, 0) is 23.8 Å². The van der Waals surface area contributed by atoms with E-state index in [1.807, 2.05) is 30.3 Å². The minimum atomic E-state index is -4.21. The van der Waals surface area contributed by atoms with Gasteiger partial charge in [0.15, 0.2) is 5.69 Å². The summed E-state index contributed by atoms with van der Waals surface area (Å²) in [5.74, 6) is -2.23. The molecule has 1 aliphatic rings. The van der Waals surface area contributed by atoms with E-state index >= 15 is 0 Å². The highest BCUT2D eigenvalue weighted by molar-refractivity contribution is 7.89. The van der Waals surface area contributed by atoms with Crippen molar-refractivity contribution in [2.75, 3.05) is 26.2 Å². The summed E-state index contributed by atoms with van der Waals surface area (Å²) in [7, 11) is -4.21. The van der Waals surface area contributed by atoms with Crippen molar-refractivity contribution in [2.24, 2.45) is 0 Å². The number of amides is 1. The molecule has 1 aromatic heterocycles. The van der Waals surface area contributed by atoms with Crippen LogP contribution in [0.3, 0.4) is 0 Å². The Morgan fingerprint density at radius 2 is 1.71 bits per heavy atom. The predicted molar refractivity (Wildman–Crippen MR) is 107 cm³/mol. The normalized spacial score (nSPS) is 15.2. The third-order valence-electron chi connectivity index (χ3n) is 4.98. The predicted octanol–water partition coefficient (Wildman–Crippen LogP) is 1.75. The molecule has 0 atom stereocenters. The number of carbonyl (C=O) groups is 1. The van der Waals surface area contributed by atoms with Crippen LogP contribution in [0.15, 0.2) is 59.6 Å². The number of piperazine rings is 1. The van der Waals surface area contributed by atoms with Crippen LogP contribution < -0.4 is 0 Å². The van der Waals surface area contributed by atoms with E-state index < -0.39 is 26.6 Å². The molecule has 0 spiro atoms. The van der Waals surface area contributed by atoms with E-state index in [0.717, 1.165) is 22.0 Å². The summed E-state index contributed by atoms with van der Waals surface area (Å²) in [6.07, 6.45) is 1.54. The highest BCUT2D eigenvalue weighted by atomic mass is 32.2. The molecule has 0 bridgehead atoms. The Morgan fingerprint density at radius 1 is 1.00 bits per heavy atom. The maximum Gasteiger partial charge on any atom is 0.276 e. The number of halogens is 2. The second kappa shape index (κ2) is 8.52. The average Bonchev–Trinajstić information content (AvgIpc) is 3.24. The van der Waals surface area contributed by atoms with Crippen LogP contribution in [-0.4, -0.2) is 64.7 Å². The van der Waals surface area contributed by atoms with Gasteiger partial charge in [-0.3, -0.25) is 4.79 Å². The summed E-state index contributed by atoms with van der Waals surface area (Å²) in [4.78, 5) is 13.5. The molecular weight excluding hydrogens is 428 g/mol. The zero-order valence-electron chi connectivity index (χ0n) is 16.4. The van der Waals surface area contributed by atoms with Crippen LogP contribution in [0.1, 0.15) is 16.1 Å². The maximum atomic E-state index is 14.0. The Bertz CT molecular complexity index is 1190. The molecule has 0 aliphatic carbocycles. The maximum absolute atomic E-state index is 14.0. The summed E-state index contributed by atoms with van der Waals surface area (Å²) >= 11 is 0. The molecule has 0 N–H and O–H groups in total. The van der Waals surface area contributed by atoms with Crippen molar-refractivity contribution in [3.63, 3.8) is 0 Å². The van der Waals surface area contributed by atoms with Crippen molar-refractivity contribution in [1.82, 2.24) is 24.2 Å². The van der Waals surface area contributed by atoms with Gasteiger partial charge in [-0.1, -0.05) is 35.5 Å². The van der Waals surface area contributed by atoms with Gasteiger partial charge >= 0.3 is 0 Å². The number of carbonyl (C=O) groups excluding carboxylic acids is 1. The summed E-state index contributed by atoms with van der Waals surface area (Å²) in [5.41, 5.74) is 1.17. The molecule has 1 aliphatic heterocycles. The van der Waals surface area contributed by atoms with E-state index in [0.29, 0.717) is 12.6 Å². The highest BCUT2D eigenvalue weighted by Crippen LogP contribution is 2.22. The van der Waals surface area contributed by atoms with E-state index in [4.69, 9.17) is 0 Å². The van der Waals surface area contributed by atoms with Crippen molar-refractivity contribution >= 4 is 15.9 Å². The molecule has 31 heavy (non-hydrogen) atoms. The molecule has 3 aromatic rings. The van der Waals surface area contributed by atoms with Crippen LogP contribution in [0, 0.1) is 11.6 Å². The molecule has 2 aromatic carbocycles. The second-order valence-corrected chi connectivity index (χ2v) is 8.96. The summed E-state index contributed by atoms with van der Waals surface area (Å²) in [5, 5.41) is 7.90. The van der Waals surface area contributed by atoms with Crippen LogP contribution in [0.5, 0.6) is 0 Å². The lowest BCUT2D eigenvalue weighted by Crippen LogP contribution is -2.50. The molecule has 8 nitrogen and oxygen atoms in total. The van der Waals surface area contributed by atoms with Crippen molar-refractivity contribution in [3.8, 4) is 0 Å². The molecule has 1 amide bonds. The molecule has 11 heteroatoms. The number of benzene rings is 2. The van der Waals surface area contributed by atoms with Gasteiger partial charge in [0.25, 0.3) is 5.91 Å². The largest absolute Gasteiger partial charge is 0.335 e. The fraction of sp³-hybridized carbons (Fsp3) is 0.250. The first kappa shape index (κ1) is 21.1. The molecule has 0 radical (unpaired) electrons. The van der Waals surface area contributed by atoms with Crippen molar-refractivity contribution in [2.45, 2.75) is 11.4 Å². The standard InChI is InChI=1S/C20H19F2N5O3S/c21-16-6-7-17(22)19(12-16)31(29,30)27-10-8-25(9-11-27)20(28)18-14-26(24-23-18)13-15-4-2-1-3-5-15/h1-7,12,14H,8-11,13H2. The van der Waals surface area contributed by atoms with E-state index in [-0.39, 0.29) is 37.8 Å². The lowest BCUT2D eigenvalue weighted by Gasteiger charge is -2.33. The topological polar surface area (TPSA) is 88.4 Å². The molecule has 1 fully saturated rings. The Hall–Kier alpha value is -3.18. The smallest absolute Gasteiger partial charge is 0.276 e. The van der Waals surface area contributed by atoms with E-state index in [2.05, 4.69) is 10.3 Å². The number of nitrogens with zero attached hydrogens (tertiary/aromatic N) is 5. The van der Waals surface area contributed by atoms with E-state index in [1.165, 1.54) is 4.90 Å². The summed E-state index contributed by atoms with van der Waals surface area (Å²) in [6.45, 7) is 0.581.